The van der Waals surface area contributed by atoms with Crippen LogP contribution >= 0.6 is 11.6 Å². The molecule has 0 saturated carbocycles. The third-order valence-corrected chi connectivity index (χ3v) is 3.08. The van der Waals surface area contributed by atoms with E-state index in [-0.39, 0.29) is 17.2 Å². The van der Waals surface area contributed by atoms with Crippen molar-refractivity contribution in [3.63, 3.8) is 0 Å². The van der Waals surface area contributed by atoms with Crippen LogP contribution in [0.3, 0.4) is 0 Å². The number of hydrogen-bond donors (Lipinski definition) is 2. The summed E-state index contributed by atoms with van der Waals surface area (Å²) < 4.78 is 0. The summed E-state index contributed by atoms with van der Waals surface area (Å²) in [6.07, 6.45) is 0.827. The quantitative estimate of drug-likeness (QED) is 0.769. The topological polar surface area (TPSA) is 54.0 Å². The second kappa shape index (κ2) is 4.76. The van der Waals surface area contributed by atoms with Gasteiger partial charge >= 0.3 is 0 Å². The predicted molar refractivity (Wildman–Crippen MR) is 73.9 cm³/mol. The molecule has 2 N–H and O–H groups in total. The maximum Gasteiger partial charge on any atom is 0.229 e. The molecule has 1 aromatic heterocycles. The number of anilines is 2. The van der Waals surface area contributed by atoms with E-state index >= 15 is 0 Å². The molecule has 2 rings (SSSR count). The first kappa shape index (κ1) is 13.1. The molecule has 0 aliphatic carbocycles. The van der Waals surface area contributed by atoms with Gasteiger partial charge in [-0.25, -0.2) is 4.98 Å². The molecule has 18 heavy (non-hydrogen) atoms. The third-order valence-electron chi connectivity index (χ3n) is 2.86. The number of pyridine rings is 1. The highest BCUT2D eigenvalue weighted by atomic mass is 35.5. The van der Waals surface area contributed by atoms with Crippen LogP contribution in [0.25, 0.3) is 0 Å². The Hall–Kier alpha value is -1.29. The van der Waals surface area contributed by atoms with Crippen molar-refractivity contribution in [1.29, 1.82) is 0 Å². The van der Waals surface area contributed by atoms with E-state index in [4.69, 9.17) is 11.6 Å². The Kier molecular flexibility index (Phi) is 3.48. The van der Waals surface area contributed by atoms with E-state index in [1.165, 1.54) is 0 Å². The number of fused-ring (bicyclic) bond motifs is 1. The average Bonchev–Trinajstić information content (AvgIpc) is 2.38. The molecule has 0 saturated heterocycles. The molecule has 1 amide bonds. The fourth-order valence-corrected chi connectivity index (χ4v) is 2.27. The Morgan fingerprint density at radius 1 is 1.44 bits per heavy atom. The van der Waals surface area contributed by atoms with Crippen LogP contribution in [0.2, 0.25) is 5.15 Å². The lowest BCUT2D eigenvalue weighted by Gasteiger charge is -2.23. The summed E-state index contributed by atoms with van der Waals surface area (Å²) in [5.41, 5.74) is 0.812. The lowest BCUT2D eigenvalue weighted by atomic mass is 9.84. The second-order valence-electron chi connectivity index (χ2n) is 5.86. The molecular weight excluding hydrogens is 250 g/mol. The average molecular weight is 268 g/mol. The predicted octanol–water partition coefficient (Wildman–Crippen LogP) is 3.15. The Bertz CT molecular complexity index is 468. The third kappa shape index (κ3) is 3.13. The lowest BCUT2D eigenvalue weighted by molar-refractivity contribution is -0.120. The highest BCUT2D eigenvalue weighted by molar-refractivity contribution is 6.29. The van der Waals surface area contributed by atoms with Crippen LogP contribution in [-0.4, -0.2) is 17.4 Å². The van der Waals surface area contributed by atoms with Gasteiger partial charge in [0.05, 0.1) is 11.6 Å². The van der Waals surface area contributed by atoms with Gasteiger partial charge in [0.1, 0.15) is 5.15 Å². The van der Waals surface area contributed by atoms with Crippen LogP contribution in [0.15, 0.2) is 12.1 Å². The fourth-order valence-electron chi connectivity index (χ4n) is 2.12. The molecule has 1 aliphatic rings. The summed E-state index contributed by atoms with van der Waals surface area (Å²) in [6.45, 7) is 6.98. The molecule has 0 aromatic carbocycles. The van der Waals surface area contributed by atoms with Gasteiger partial charge in [0, 0.05) is 6.54 Å². The number of hydrogen-bond acceptors (Lipinski definition) is 3. The van der Waals surface area contributed by atoms with Crippen molar-refractivity contribution in [2.75, 3.05) is 17.2 Å². The van der Waals surface area contributed by atoms with Gasteiger partial charge in [-0.1, -0.05) is 32.4 Å². The summed E-state index contributed by atoms with van der Waals surface area (Å²) in [5, 5.41) is 6.51. The smallest absolute Gasteiger partial charge is 0.229 e. The van der Waals surface area contributed by atoms with Crippen LogP contribution in [0.1, 0.15) is 27.2 Å². The zero-order valence-corrected chi connectivity index (χ0v) is 11.6. The molecule has 1 unspecified atom stereocenters. The van der Waals surface area contributed by atoms with E-state index in [1.54, 1.807) is 12.1 Å². The summed E-state index contributed by atoms with van der Waals surface area (Å²) in [7, 11) is 0. The van der Waals surface area contributed by atoms with Crippen LogP contribution in [-0.2, 0) is 4.79 Å². The van der Waals surface area contributed by atoms with Gasteiger partial charge in [-0.3, -0.25) is 4.79 Å². The molecule has 0 bridgehead atoms. The Morgan fingerprint density at radius 3 is 2.83 bits per heavy atom. The van der Waals surface area contributed by atoms with Crippen LogP contribution in [0, 0.1) is 11.3 Å². The number of aromatic nitrogens is 1. The minimum Gasteiger partial charge on any atom is -0.367 e. The molecule has 5 heteroatoms. The summed E-state index contributed by atoms with van der Waals surface area (Å²) >= 11 is 5.85. The molecule has 98 valence electrons. The highest BCUT2D eigenvalue weighted by Gasteiger charge is 2.28. The van der Waals surface area contributed by atoms with Crippen molar-refractivity contribution in [3.8, 4) is 0 Å². The fraction of sp³-hybridized carbons (Fsp3) is 0.538. The molecule has 4 nitrogen and oxygen atoms in total. The maximum atomic E-state index is 12.1. The van der Waals surface area contributed by atoms with E-state index in [2.05, 4.69) is 36.4 Å². The molecule has 1 aromatic rings. The minimum atomic E-state index is -0.0574. The van der Waals surface area contributed by atoms with Gasteiger partial charge in [0.15, 0.2) is 5.82 Å². The standard InChI is InChI=1S/C13H18ClN3O/c1-13(2,3)6-8-7-15-11-9(16-12(8)18)4-5-10(14)17-11/h4-5,8H,6-7H2,1-3H3,(H,15,17)(H,16,18). The zero-order chi connectivity index (χ0) is 13.3. The SMILES string of the molecule is CC(C)(C)CC1CNc2nc(Cl)ccc2NC1=O. The first-order valence-electron chi connectivity index (χ1n) is 6.06. The Balaban J connectivity index is 2.19. The van der Waals surface area contributed by atoms with Gasteiger partial charge in [-0.05, 0) is 24.0 Å². The number of nitrogens with one attached hydrogen (secondary N) is 2. The van der Waals surface area contributed by atoms with Gasteiger partial charge in [0.2, 0.25) is 5.91 Å². The van der Waals surface area contributed by atoms with Crippen molar-refractivity contribution in [2.45, 2.75) is 27.2 Å². The van der Waals surface area contributed by atoms with Gasteiger partial charge in [0.25, 0.3) is 0 Å². The Morgan fingerprint density at radius 2 is 2.17 bits per heavy atom. The number of carbonyl (C=O) groups excluding carboxylic acids is 1. The first-order valence-corrected chi connectivity index (χ1v) is 6.44. The Labute approximate surface area is 112 Å². The summed E-state index contributed by atoms with van der Waals surface area (Å²) in [6, 6.07) is 3.45. The normalized spacial score (nSPS) is 19.6. The van der Waals surface area contributed by atoms with Crippen LogP contribution in [0.5, 0.6) is 0 Å². The largest absolute Gasteiger partial charge is 0.367 e. The maximum absolute atomic E-state index is 12.1. The van der Waals surface area contributed by atoms with Crippen molar-refractivity contribution < 1.29 is 4.79 Å². The molecule has 0 radical (unpaired) electrons. The lowest BCUT2D eigenvalue weighted by Crippen LogP contribution is -2.29. The number of rotatable bonds is 1. The molecule has 0 spiro atoms. The summed E-state index contributed by atoms with van der Waals surface area (Å²) in [5.74, 6) is 0.630. The van der Waals surface area contributed by atoms with Crippen molar-refractivity contribution in [3.05, 3.63) is 17.3 Å². The molecule has 1 atom stereocenters. The number of carbonyl (C=O) groups is 1. The molecule has 1 aliphatic heterocycles. The van der Waals surface area contributed by atoms with Gasteiger partial charge < -0.3 is 10.6 Å². The molecule has 2 heterocycles. The minimum absolute atomic E-state index is 0.0419. The number of nitrogens with zero attached hydrogens (tertiary/aromatic N) is 1. The van der Waals surface area contributed by atoms with E-state index in [0.717, 1.165) is 6.42 Å². The van der Waals surface area contributed by atoms with Gasteiger partial charge in [-0.2, -0.15) is 0 Å². The number of amides is 1. The van der Waals surface area contributed by atoms with E-state index in [0.29, 0.717) is 23.2 Å². The van der Waals surface area contributed by atoms with Crippen LogP contribution < -0.4 is 10.6 Å². The first-order chi connectivity index (χ1) is 8.35. The van der Waals surface area contributed by atoms with Gasteiger partial charge in [-0.15, -0.1) is 0 Å². The van der Waals surface area contributed by atoms with E-state index in [9.17, 15) is 4.79 Å². The monoisotopic (exact) mass is 267 g/mol. The number of halogens is 1. The highest BCUT2D eigenvalue weighted by Crippen LogP contribution is 2.30. The van der Waals surface area contributed by atoms with Crippen molar-refractivity contribution in [1.82, 2.24) is 4.98 Å². The van der Waals surface area contributed by atoms with Crippen molar-refractivity contribution >= 4 is 29.0 Å². The van der Waals surface area contributed by atoms with E-state index in [1.807, 2.05) is 0 Å². The zero-order valence-electron chi connectivity index (χ0n) is 10.9. The van der Waals surface area contributed by atoms with E-state index < -0.39 is 0 Å². The molecule has 0 fully saturated rings. The molecular formula is C13H18ClN3O. The summed E-state index contributed by atoms with van der Waals surface area (Å²) in [4.78, 5) is 16.3. The van der Waals surface area contributed by atoms with Crippen LogP contribution in [0.4, 0.5) is 11.5 Å². The van der Waals surface area contributed by atoms with Crippen molar-refractivity contribution in [2.24, 2.45) is 11.3 Å². The second-order valence-corrected chi connectivity index (χ2v) is 6.25.